The molecule has 0 aromatic heterocycles. The van der Waals surface area contributed by atoms with Gasteiger partial charge in [0, 0.05) is 12.6 Å². The molecule has 1 heterocycles. The lowest BCUT2D eigenvalue weighted by Crippen LogP contribution is -2.22. The van der Waals surface area contributed by atoms with Crippen LogP contribution in [0, 0.1) is 0 Å². The van der Waals surface area contributed by atoms with Crippen LogP contribution in [0.1, 0.15) is 11.1 Å². The van der Waals surface area contributed by atoms with E-state index in [1.165, 1.54) is 6.20 Å². The van der Waals surface area contributed by atoms with E-state index in [4.69, 9.17) is 5.11 Å². The molecule has 1 N–H and O–H groups in total. The first-order valence-electron chi connectivity index (χ1n) is 5.72. The van der Waals surface area contributed by atoms with Crippen molar-refractivity contribution >= 4 is 18.1 Å². The second kappa shape index (κ2) is 4.11. The number of allylic oxidation sites excluding steroid dienone is 3. The smallest absolute Gasteiger partial charge is 0.333 e. The summed E-state index contributed by atoms with van der Waals surface area (Å²) in [6, 6.07) is 4.02. The third-order valence-corrected chi connectivity index (χ3v) is 3.07. The van der Waals surface area contributed by atoms with Crippen LogP contribution in [-0.2, 0) is 11.2 Å². The predicted molar refractivity (Wildman–Crippen MR) is 69.3 cm³/mol. The molecule has 1 aromatic rings. The lowest BCUT2D eigenvalue weighted by Gasteiger charge is -2.09. The molecule has 0 saturated carbocycles. The van der Waals surface area contributed by atoms with Crippen molar-refractivity contribution in [1.82, 2.24) is 0 Å². The van der Waals surface area contributed by atoms with Gasteiger partial charge in [-0.2, -0.15) is 0 Å². The van der Waals surface area contributed by atoms with Crippen molar-refractivity contribution in [3.63, 3.8) is 0 Å². The predicted octanol–water partition coefficient (Wildman–Crippen LogP) is 1.19. The van der Waals surface area contributed by atoms with Crippen molar-refractivity contribution in [2.24, 2.45) is 4.99 Å². The lowest BCUT2D eigenvalue weighted by atomic mass is 9.99. The summed E-state index contributed by atoms with van der Waals surface area (Å²) >= 11 is 0. The fraction of sp³-hybridized carbons (Fsp3) is 0.0667. The molecule has 1 aliphatic carbocycles. The molecule has 3 heteroatoms. The zero-order chi connectivity index (χ0) is 12.5. The molecular formula is C15H11NO2. The average molecular weight is 237 g/mol. The Kier molecular flexibility index (Phi) is 2.45. The Balaban J connectivity index is 2.20. The number of benzene rings is 1. The number of fused-ring (bicyclic) bond motifs is 2. The Morgan fingerprint density at radius 3 is 2.94 bits per heavy atom. The molecule has 88 valence electrons. The van der Waals surface area contributed by atoms with Gasteiger partial charge in [0.1, 0.15) is 0 Å². The Bertz CT molecular complexity index is 736. The van der Waals surface area contributed by atoms with Crippen molar-refractivity contribution in [3.05, 3.63) is 63.8 Å². The molecule has 0 fully saturated rings. The van der Waals surface area contributed by atoms with Crippen LogP contribution in [0.2, 0.25) is 0 Å². The molecule has 2 aliphatic rings. The molecule has 0 spiro atoms. The normalized spacial score (nSPS) is 15.7. The van der Waals surface area contributed by atoms with Gasteiger partial charge < -0.3 is 5.11 Å². The highest BCUT2D eigenvalue weighted by molar-refractivity contribution is 5.87. The molecule has 0 atom stereocenters. The van der Waals surface area contributed by atoms with Gasteiger partial charge in [-0.05, 0) is 28.5 Å². The number of rotatable bonds is 1. The minimum absolute atomic E-state index is 0.335. The van der Waals surface area contributed by atoms with Crippen molar-refractivity contribution in [2.75, 3.05) is 0 Å². The molecule has 0 amide bonds. The molecule has 18 heavy (non-hydrogen) atoms. The van der Waals surface area contributed by atoms with E-state index in [2.05, 4.69) is 4.99 Å². The molecule has 0 saturated heterocycles. The van der Waals surface area contributed by atoms with Gasteiger partial charge in [0.25, 0.3) is 0 Å². The molecule has 0 radical (unpaired) electrons. The Labute approximate surface area is 104 Å². The fourth-order valence-electron chi connectivity index (χ4n) is 2.13. The molecule has 1 aliphatic heterocycles. The maximum Gasteiger partial charge on any atom is 0.333 e. The lowest BCUT2D eigenvalue weighted by molar-refractivity contribution is -0.132. The zero-order valence-corrected chi connectivity index (χ0v) is 9.63. The van der Waals surface area contributed by atoms with Gasteiger partial charge in [0.15, 0.2) is 0 Å². The van der Waals surface area contributed by atoms with Gasteiger partial charge in [-0.25, -0.2) is 4.79 Å². The van der Waals surface area contributed by atoms with E-state index in [-0.39, 0.29) is 0 Å². The van der Waals surface area contributed by atoms with Gasteiger partial charge in [-0.1, -0.05) is 30.4 Å². The highest BCUT2D eigenvalue weighted by Gasteiger charge is 2.13. The number of hydrogen-bond donors (Lipinski definition) is 1. The van der Waals surface area contributed by atoms with Gasteiger partial charge in [0.2, 0.25) is 0 Å². The summed E-state index contributed by atoms with van der Waals surface area (Å²) in [5, 5.41) is 10.9. The summed E-state index contributed by atoms with van der Waals surface area (Å²) in [5.74, 6) is -0.900. The molecule has 0 bridgehead atoms. The summed E-state index contributed by atoms with van der Waals surface area (Å²) in [4.78, 5) is 15.2. The van der Waals surface area contributed by atoms with Crippen molar-refractivity contribution < 1.29 is 9.90 Å². The van der Waals surface area contributed by atoms with E-state index in [0.29, 0.717) is 12.0 Å². The summed E-state index contributed by atoms with van der Waals surface area (Å²) in [6.07, 6.45) is 11.9. The highest BCUT2D eigenvalue weighted by Crippen LogP contribution is 2.09. The van der Waals surface area contributed by atoms with Crippen molar-refractivity contribution in [2.45, 2.75) is 6.42 Å². The highest BCUT2D eigenvalue weighted by atomic mass is 16.4. The van der Waals surface area contributed by atoms with Gasteiger partial charge in [-0.15, -0.1) is 0 Å². The fourth-order valence-corrected chi connectivity index (χ4v) is 2.13. The maximum atomic E-state index is 10.9. The summed E-state index contributed by atoms with van der Waals surface area (Å²) in [5.41, 5.74) is 2.41. The van der Waals surface area contributed by atoms with E-state index in [1.807, 2.05) is 42.5 Å². The number of carboxylic acid groups (broad SMARTS) is 1. The van der Waals surface area contributed by atoms with Gasteiger partial charge >= 0.3 is 5.97 Å². The van der Waals surface area contributed by atoms with E-state index >= 15 is 0 Å². The number of carbonyl (C=O) groups is 1. The van der Waals surface area contributed by atoms with Crippen molar-refractivity contribution in [3.8, 4) is 0 Å². The number of nitrogens with zero attached hydrogens (tertiary/aromatic N) is 1. The van der Waals surface area contributed by atoms with Crippen LogP contribution >= 0.6 is 0 Å². The molecule has 3 rings (SSSR count). The summed E-state index contributed by atoms with van der Waals surface area (Å²) < 4.78 is 0. The third-order valence-electron chi connectivity index (χ3n) is 3.07. The molecule has 1 aromatic carbocycles. The van der Waals surface area contributed by atoms with E-state index in [0.717, 1.165) is 21.7 Å². The second-order valence-electron chi connectivity index (χ2n) is 4.29. The minimum atomic E-state index is -0.900. The van der Waals surface area contributed by atoms with E-state index in [1.54, 1.807) is 0 Å². The van der Waals surface area contributed by atoms with Crippen LogP contribution in [0.25, 0.3) is 12.2 Å². The van der Waals surface area contributed by atoms with Crippen molar-refractivity contribution in [1.29, 1.82) is 0 Å². The van der Waals surface area contributed by atoms with Crippen LogP contribution in [-0.4, -0.2) is 11.1 Å². The van der Waals surface area contributed by atoms with Crippen LogP contribution in [0.5, 0.6) is 0 Å². The first kappa shape index (κ1) is 10.7. The quantitative estimate of drug-likeness (QED) is 0.797. The maximum absolute atomic E-state index is 10.9. The van der Waals surface area contributed by atoms with Crippen LogP contribution in [0.3, 0.4) is 0 Å². The summed E-state index contributed by atoms with van der Waals surface area (Å²) in [7, 11) is 0. The van der Waals surface area contributed by atoms with Crippen LogP contribution < -0.4 is 10.6 Å². The van der Waals surface area contributed by atoms with Gasteiger partial charge in [0.05, 0.1) is 10.9 Å². The Morgan fingerprint density at radius 2 is 2.11 bits per heavy atom. The van der Waals surface area contributed by atoms with E-state index < -0.39 is 5.97 Å². The standard InChI is InChI=1S/C15H11NO2/c17-15(18)13-7-12-6-10-4-2-1-3-5-11(10)8-14(12)16-9-13/h1-6,8-9H,7H2,(H,17,18). The van der Waals surface area contributed by atoms with E-state index in [9.17, 15) is 4.79 Å². The monoisotopic (exact) mass is 237 g/mol. The number of hydrogen-bond acceptors (Lipinski definition) is 2. The average Bonchev–Trinajstić information content (AvgIpc) is 2.59. The minimum Gasteiger partial charge on any atom is -0.478 e. The molecular weight excluding hydrogens is 226 g/mol. The Morgan fingerprint density at radius 1 is 1.22 bits per heavy atom. The zero-order valence-electron chi connectivity index (χ0n) is 9.63. The van der Waals surface area contributed by atoms with Crippen LogP contribution in [0.15, 0.2) is 47.1 Å². The largest absolute Gasteiger partial charge is 0.478 e. The SMILES string of the molecule is O=C(O)C1=CN=c2cc3c(cc2C1)=CC=CC=C3. The number of carboxylic acids is 1. The molecule has 0 unspecified atom stereocenters. The molecule has 3 nitrogen and oxygen atoms in total. The van der Waals surface area contributed by atoms with Gasteiger partial charge in [-0.3, -0.25) is 4.99 Å². The second-order valence-corrected chi connectivity index (χ2v) is 4.29. The topological polar surface area (TPSA) is 49.7 Å². The van der Waals surface area contributed by atoms with Crippen LogP contribution in [0.4, 0.5) is 0 Å². The Hall–Kier alpha value is -2.42. The number of aliphatic carboxylic acids is 1. The third kappa shape index (κ3) is 1.80. The summed E-state index contributed by atoms with van der Waals surface area (Å²) in [6.45, 7) is 0. The first-order chi connectivity index (χ1) is 8.74. The first-order valence-corrected chi connectivity index (χ1v) is 5.72.